The van der Waals surface area contributed by atoms with Crippen molar-refractivity contribution in [2.75, 3.05) is 13.2 Å². The zero-order chi connectivity index (χ0) is 13.0. The van der Waals surface area contributed by atoms with E-state index in [-0.39, 0.29) is 0 Å². The van der Waals surface area contributed by atoms with Gasteiger partial charge in [0, 0.05) is 18.5 Å². The van der Waals surface area contributed by atoms with Crippen LogP contribution in [0.3, 0.4) is 0 Å². The Labute approximate surface area is 110 Å². The minimum Gasteiger partial charge on any atom is -0.492 e. The van der Waals surface area contributed by atoms with Crippen LogP contribution in [0.4, 0.5) is 0 Å². The van der Waals surface area contributed by atoms with Gasteiger partial charge in [-0.2, -0.15) is 0 Å². The summed E-state index contributed by atoms with van der Waals surface area (Å²) in [6.07, 6.45) is 0.567. The van der Waals surface area contributed by atoms with Gasteiger partial charge in [-0.15, -0.1) is 10.2 Å². The number of nitrogens with two attached hydrogens (primary N) is 1. The van der Waals surface area contributed by atoms with Gasteiger partial charge in [0.15, 0.2) is 0 Å². The second-order valence-electron chi connectivity index (χ2n) is 3.62. The van der Waals surface area contributed by atoms with Crippen molar-refractivity contribution < 1.29 is 9.15 Å². The van der Waals surface area contributed by atoms with Crippen LogP contribution in [0.5, 0.6) is 5.75 Å². The molecule has 6 heteroatoms. The number of benzene rings is 1. The van der Waals surface area contributed by atoms with E-state index >= 15 is 0 Å². The summed E-state index contributed by atoms with van der Waals surface area (Å²) in [6.45, 7) is 2.95. The Hall–Kier alpha value is -1.59. The molecule has 2 N–H and O–H groups in total. The summed E-state index contributed by atoms with van der Waals surface area (Å²) in [5.74, 6) is 1.60. The average Bonchev–Trinajstić information content (AvgIpc) is 2.81. The third-order valence-electron chi connectivity index (χ3n) is 2.30. The first kappa shape index (κ1) is 12.9. The van der Waals surface area contributed by atoms with Crippen LogP contribution >= 0.6 is 11.6 Å². The highest BCUT2D eigenvalue weighted by Crippen LogP contribution is 2.29. The molecule has 0 atom stereocenters. The molecule has 0 unspecified atom stereocenters. The highest BCUT2D eigenvalue weighted by Gasteiger charge is 2.10. The van der Waals surface area contributed by atoms with Crippen LogP contribution < -0.4 is 10.5 Å². The van der Waals surface area contributed by atoms with Gasteiger partial charge in [0.05, 0.1) is 11.6 Å². The van der Waals surface area contributed by atoms with Crippen LogP contribution in [0.15, 0.2) is 22.6 Å². The topological polar surface area (TPSA) is 74.2 Å². The fraction of sp³-hybridized carbons (Fsp3) is 0.333. The van der Waals surface area contributed by atoms with E-state index in [1.165, 1.54) is 0 Å². The van der Waals surface area contributed by atoms with E-state index in [0.29, 0.717) is 42.1 Å². The third-order valence-corrected chi connectivity index (χ3v) is 2.60. The van der Waals surface area contributed by atoms with Crippen molar-refractivity contribution in [2.24, 2.45) is 5.73 Å². The van der Waals surface area contributed by atoms with Gasteiger partial charge >= 0.3 is 0 Å². The molecular weight excluding hydrogens is 254 g/mol. The summed E-state index contributed by atoms with van der Waals surface area (Å²) in [4.78, 5) is 0. The fourth-order valence-electron chi connectivity index (χ4n) is 1.50. The Bertz CT molecular complexity index is 528. The molecule has 18 heavy (non-hydrogen) atoms. The van der Waals surface area contributed by atoms with Crippen molar-refractivity contribution >= 4 is 11.6 Å². The van der Waals surface area contributed by atoms with Crippen LogP contribution in [0.2, 0.25) is 5.02 Å². The normalized spacial score (nSPS) is 10.6. The van der Waals surface area contributed by atoms with Gasteiger partial charge in [0.2, 0.25) is 11.8 Å². The first-order chi connectivity index (χ1) is 8.74. The van der Waals surface area contributed by atoms with Crippen LogP contribution in [0.1, 0.15) is 12.8 Å². The average molecular weight is 268 g/mol. The highest BCUT2D eigenvalue weighted by molar-refractivity contribution is 6.32. The summed E-state index contributed by atoms with van der Waals surface area (Å²) >= 11 is 6.09. The predicted molar refractivity (Wildman–Crippen MR) is 68.7 cm³/mol. The van der Waals surface area contributed by atoms with Gasteiger partial charge in [0.25, 0.3) is 0 Å². The van der Waals surface area contributed by atoms with E-state index in [0.717, 1.165) is 5.56 Å². The summed E-state index contributed by atoms with van der Waals surface area (Å²) in [6, 6.07) is 5.36. The Balaban J connectivity index is 2.24. The SMILES string of the molecule is CCOc1ccc(-c2nnc(CCN)o2)cc1Cl. The molecular formula is C12H14ClN3O2. The molecule has 0 fully saturated rings. The largest absolute Gasteiger partial charge is 0.492 e. The standard InChI is InChI=1S/C12H14ClN3O2/c1-2-17-10-4-3-8(7-9(10)13)12-16-15-11(18-12)5-6-14/h3-4,7H,2,5-6,14H2,1H3. The smallest absolute Gasteiger partial charge is 0.247 e. The second-order valence-corrected chi connectivity index (χ2v) is 4.03. The monoisotopic (exact) mass is 267 g/mol. The van der Waals surface area contributed by atoms with Crippen molar-refractivity contribution in [3.63, 3.8) is 0 Å². The van der Waals surface area contributed by atoms with E-state index in [2.05, 4.69) is 10.2 Å². The number of hydrogen-bond acceptors (Lipinski definition) is 5. The molecule has 96 valence electrons. The molecule has 0 aliphatic rings. The molecule has 0 bridgehead atoms. The first-order valence-electron chi connectivity index (χ1n) is 5.69. The Kier molecular flexibility index (Phi) is 4.17. The molecule has 0 saturated heterocycles. The summed E-state index contributed by atoms with van der Waals surface area (Å²) in [7, 11) is 0. The molecule has 0 radical (unpaired) electrons. The molecule has 2 aromatic rings. The maximum absolute atomic E-state index is 6.09. The van der Waals surface area contributed by atoms with Gasteiger partial charge in [-0.3, -0.25) is 0 Å². The summed E-state index contributed by atoms with van der Waals surface area (Å²) < 4.78 is 10.8. The quantitative estimate of drug-likeness (QED) is 0.900. The lowest BCUT2D eigenvalue weighted by Crippen LogP contribution is -2.02. The van der Waals surface area contributed by atoms with E-state index in [9.17, 15) is 0 Å². The second kappa shape index (κ2) is 5.84. The lowest BCUT2D eigenvalue weighted by molar-refractivity contribution is 0.340. The molecule has 1 aromatic heterocycles. The molecule has 2 rings (SSSR count). The lowest BCUT2D eigenvalue weighted by Gasteiger charge is -2.05. The van der Waals surface area contributed by atoms with Gasteiger partial charge in [-0.1, -0.05) is 11.6 Å². The maximum Gasteiger partial charge on any atom is 0.247 e. The summed E-state index contributed by atoms with van der Waals surface area (Å²) in [5, 5.41) is 8.37. The van der Waals surface area contributed by atoms with E-state index < -0.39 is 0 Å². The fourth-order valence-corrected chi connectivity index (χ4v) is 1.74. The number of hydrogen-bond donors (Lipinski definition) is 1. The van der Waals surface area contributed by atoms with Crippen LogP contribution in [-0.4, -0.2) is 23.3 Å². The number of aromatic nitrogens is 2. The van der Waals surface area contributed by atoms with Gasteiger partial charge in [0.1, 0.15) is 5.75 Å². The maximum atomic E-state index is 6.09. The zero-order valence-corrected chi connectivity index (χ0v) is 10.8. The minimum absolute atomic E-state index is 0.434. The molecule has 0 amide bonds. The van der Waals surface area contributed by atoms with Crippen molar-refractivity contribution in [3.05, 3.63) is 29.1 Å². The van der Waals surface area contributed by atoms with Gasteiger partial charge < -0.3 is 14.9 Å². The molecule has 0 spiro atoms. The van der Waals surface area contributed by atoms with E-state index in [1.807, 2.05) is 13.0 Å². The van der Waals surface area contributed by atoms with E-state index in [1.54, 1.807) is 12.1 Å². The number of ether oxygens (including phenoxy) is 1. The molecule has 0 aliphatic carbocycles. The predicted octanol–water partition coefficient (Wildman–Crippen LogP) is 2.29. The number of rotatable bonds is 5. The van der Waals surface area contributed by atoms with Crippen molar-refractivity contribution in [2.45, 2.75) is 13.3 Å². The zero-order valence-electron chi connectivity index (χ0n) is 10.0. The van der Waals surface area contributed by atoms with Crippen molar-refractivity contribution in [3.8, 4) is 17.2 Å². The molecule has 0 saturated carbocycles. The molecule has 1 heterocycles. The van der Waals surface area contributed by atoms with Crippen LogP contribution in [-0.2, 0) is 6.42 Å². The summed E-state index contributed by atoms with van der Waals surface area (Å²) in [5.41, 5.74) is 6.18. The first-order valence-corrected chi connectivity index (χ1v) is 6.07. The third kappa shape index (κ3) is 2.80. The molecule has 1 aromatic carbocycles. The van der Waals surface area contributed by atoms with Gasteiger partial charge in [-0.05, 0) is 25.1 Å². The molecule has 5 nitrogen and oxygen atoms in total. The van der Waals surface area contributed by atoms with Crippen LogP contribution in [0.25, 0.3) is 11.5 Å². The Morgan fingerprint density at radius 2 is 2.22 bits per heavy atom. The Morgan fingerprint density at radius 3 is 2.89 bits per heavy atom. The van der Waals surface area contributed by atoms with Crippen LogP contribution in [0, 0.1) is 0 Å². The number of halogens is 1. The van der Waals surface area contributed by atoms with Crippen molar-refractivity contribution in [1.29, 1.82) is 0 Å². The van der Waals surface area contributed by atoms with E-state index in [4.69, 9.17) is 26.5 Å². The lowest BCUT2D eigenvalue weighted by atomic mass is 10.2. The highest BCUT2D eigenvalue weighted by atomic mass is 35.5. The number of nitrogens with zero attached hydrogens (tertiary/aromatic N) is 2. The van der Waals surface area contributed by atoms with Gasteiger partial charge in [-0.25, -0.2) is 0 Å². The van der Waals surface area contributed by atoms with Crippen molar-refractivity contribution in [1.82, 2.24) is 10.2 Å². The molecule has 0 aliphatic heterocycles. The minimum atomic E-state index is 0.434. The Morgan fingerprint density at radius 1 is 1.39 bits per heavy atom.